The van der Waals surface area contributed by atoms with Gasteiger partial charge in [-0.05, 0) is 24.0 Å². The highest BCUT2D eigenvalue weighted by molar-refractivity contribution is 5.70. The summed E-state index contributed by atoms with van der Waals surface area (Å²) in [6.07, 6.45) is 13.7. The number of hydrogen-bond acceptors (Lipinski definition) is 2. The molecule has 0 bridgehead atoms. The first-order valence-electron chi connectivity index (χ1n) is 12.6. The Hall–Kier alpha value is -2.62. The minimum absolute atomic E-state index is 0.105. The quantitative estimate of drug-likeness (QED) is 0.228. The molecule has 0 radical (unpaired) electrons. The van der Waals surface area contributed by atoms with E-state index in [1.807, 2.05) is 36.4 Å². The highest BCUT2D eigenvalue weighted by Crippen LogP contribution is 2.40. The van der Waals surface area contributed by atoms with Gasteiger partial charge in [0, 0.05) is 11.8 Å². The van der Waals surface area contributed by atoms with Crippen molar-refractivity contribution in [1.82, 2.24) is 0 Å². The maximum Gasteiger partial charge on any atom is 0.304 e. The summed E-state index contributed by atoms with van der Waals surface area (Å²) in [6, 6.07) is 20.2. The van der Waals surface area contributed by atoms with Crippen molar-refractivity contribution in [2.45, 2.75) is 95.3 Å². The van der Waals surface area contributed by atoms with Gasteiger partial charge < -0.3 is 10.2 Å². The molecule has 0 aromatic heterocycles. The fraction of sp³-hybridized carbons (Fsp3) is 0.517. The molecule has 2 aromatic carbocycles. The molecular weight excluding hydrogens is 412 g/mol. The minimum Gasteiger partial charge on any atom is -0.481 e. The Morgan fingerprint density at radius 3 is 1.33 bits per heavy atom. The molecule has 180 valence electrons. The van der Waals surface area contributed by atoms with Gasteiger partial charge in [-0.15, -0.1) is 0 Å². The second-order valence-corrected chi connectivity index (χ2v) is 9.17. The van der Waals surface area contributed by atoms with Gasteiger partial charge in [0.2, 0.25) is 0 Å². The van der Waals surface area contributed by atoms with E-state index in [0.29, 0.717) is 6.42 Å². The van der Waals surface area contributed by atoms with E-state index in [2.05, 4.69) is 24.3 Å². The van der Waals surface area contributed by atoms with E-state index in [4.69, 9.17) is 5.11 Å². The third-order valence-corrected chi connectivity index (χ3v) is 6.60. The molecule has 0 saturated heterocycles. The molecule has 0 saturated carbocycles. The molecule has 0 aliphatic carbocycles. The molecule has 33 heavy (non-hydrogen) atoms. The van der Waals surface area contributed by atoms with Gasteiger partial charge in [0.05, 0.1) is 6.42 Å². The normalized spacial score (nSPS) is 11.4. The predicted octanol–water partition coefficient (Wildman–Crippen LogP) is 7.60. The third-order valence-electron chi connectivity index (χ3n) is 6.60. The second-order valence-electron chi connectivity index (χ2n) is 9.17. The molecule has 2 N–H and O–H groups in total. The van der Waals surface area contributed by atoms with Gasteiger partial charge in [-0.25, -0.2) is 0 Å². The average Bonchev–Trinajstić information content (AvgIpc) is 2.82. The molecule has 0 fully saturated rings. The van der Waals surface area contributed by atoms with Gasteiger partial charge in [-0.2, -0.15) is 0 Å². The number of benzene rings is 2. The standard InChI is InChI=1S/C29H40O4/c30-27(31)22-16-8-6-4-2-1-3-5-7-9-17-23-29(24-28(32)33,25-18-12-10-13-19-25)26-20-14-11-15-21-26/h10-15,18-21H,1-9,16-17,22-24H2,(H,30,31)(H,32,33). The number of rotatable bonds is 18. The van der Waals surface area contributed by atoms with Crippen LogP contribution in [-0.4, -0.2) is 22.2 Å². The first-order chi connectivity index (χ1) is 16.0. The van der Waals surface area contributed by atoms with E-state index in [1.165, 1.54) is 38.5 Å². The average molecular weight is 453 g/mol. The van der Waals surface area contributed by atoms with Crippen molar-refractivity contribution in [1.29, 1.82) is 0 Å². The highest BCUT2D eigenvalue weighted by Gasteiger charge is 2.36. The fourth-order valence-electron chi connectivity index (χ4n) is 4.81. The van der Waals surface area contributed by atoms with E-state index in [0.717, 1.165) is 49.7 Å². The third kappa shape index (κ3) is 9.81. The van der Waals surface area contributed by atoms with Gasteiger partial charge in [0.25, 0.3) is 0 Å². The Balaban J connectivity index is 1.76. The summed E-state index contributed by atoms with van der Waals surface area (Å²) >= 11 is 0. The Kier molecular flexibility index (Phi) is 12.3. The van der Waals surface area contributed by atoms with E-state index in [1.54, 1.807) is 0 Å². The van der Waals surface area contributed by atoms with Crippen LogP contribution in [0.5, 0.6) is 0 Å². The van der Waals surface area contributed by atoms with Crippen LogP contribution >= 0.6 is 0 Å². The highest BCUT2D eigenvalue weighted by atomic mass is 16.4. The van der Waals surface area contributed by atoms with Crippen LogP contribution in [0.15, 0.2) is 60.7 Å². The van der Waals surface area contributed by atoms with E-state index < -0.39 is 17.4 Å². The van der Waals surface area contributed by atoms with Crippen LogP contribution in [-0.2, 0) is 15.0 Å². The molecule has 0 spiro atoms. The van der Waals surface area contributed by atoms with Crippen molar-refractivity contribution in [3.63, 3.8) is 0 Å². The predicted molar refractivity (Wildman–Crippen MR) is 134 cm³/mol. The zero-order valence-electron chi connectivity index (χ0n) is 19.9. The lowest BCUT2D eigenvalue weighted by Gasteiger charge is -2.34. The van der Waals surface area contributed by atoms with Gasteiger partial charge in [-0.1, -0.05) is 125 Å². The number of aliphatic carboxylic acids is 2. The smallest absolute Gasteiger partial charge is 0.304 e. The molecule has 0 aliphatic rings. The Bertz CT molecular complexity index is 761. The zero-order chi connectivity index (χ0) is 23.8. The lowest BCUT2D eigenvalue weighted by Crippen LogP contribution is -2.31. The maximum absolute atomic E-state index is 11.9. The Morgan fingerprint density at radius 2 is 0.939 bits per heavy atom. The van der Waals surface area contributed by atoms with Crippen molar-refractivity contribution in [3.05, 3.63) is 71.8 Å². The van der Waals surface area contributed by atoms with E-state index in [-0.39, 0.29) is 6.42 Å². The first-order valence-corrected chi connectivity index (χ1v) is 12.6. The van der Waals surface area contributed by atoms with Gasteiger partial charge in [0.1, 0.15) is 0 Å². The van der Waals surface area contributed by atoms with Crippen molar-refractivity contribution in [3.8, 4) is 0 Å². The van der Waals surface area contributed by atoms with Gasteiger partial charge in [0.15, 0.2) is 0 Å². The second kappa shape index (κ2) is 15.3. The molecule has 0 unspecified atom stereocenters. The topological polar surface area (TPSA) is 74.6 Å². The van der Waals surface area contributed by atoms with Crippen molar-refractivity contribution in [2.24, 2.45) is 0 Å². The van der Waals surface area contributed by atoms with Crippen molar-refractivity contribution in [2.75, 3.05) is 0 Å². The van der Waals surface area contributed by atoms with Crippen molar-refractivity contribution >= 4 is 11.9 Å². The summed E-state index contributed by atoms with van der Waals surface area (Å²) < 4.78 is 0. The molecule has 2 rings (SSSR count). The minimum atomic E-state index is -0.759. The number of carbonyl (C=O) groups is 2. The van der Waals surface area contributed by atoms with Gasteiger partial charge >= 0.3 is 11.9 Å². The SMILES string of the molecule is O=C(O)CCCCCCCCCCCCCC(CC(=O)O)(c1ccccc1)c1ccccc1. The molecule has 0 heterocycles. The number of carboxylic acids is 2. The number of unbranched alkanes of at least 4 members (excludes halogenated alkanes) is 10. The molecule has 0 amide bonds. The lowest BCUT2D eigenvalue weighted by atomic mass is 9.69. The molecule has 2 aromatic rings. The van der Waals surface area contributed by atoms with Crippen molar-refractivity contribution < 1.29 is 19.8 Å². The monoisotopic (exact) mass is 452 g/mol. The summed E-state index contributed by atoms with van der Waals surface area (Å²) in [5.74, 6) is -1.45. The molecule has 0 aliphatic heterocycles. The summed E-state index contributed by atoms with van der Waals surface area (Å²) in [7, 11) is 0. The summed E-state index contributed by atoms with van der Waals surface area (Å²) in [5.41, 5.74) is 1.68. The molecule has 4 nitrogen and oxygen atoms in total. The Morgan fingerprint density at radius 1 is 0.545 bits per heavy atom. The maximum atomic E-state index is 11.9. The van der Waals surface area contributed by atoms with Crippen LogP contribution in [0.25, 0.3) is 0 Å². The number of hydrogen-bond donors (Lipinski definition) is 2. The van der Waals surface area contributed by atoms with Crippen LogP contribution in [0.2, 0.25) is 0 Å². The Labute approximate surface area is 199 Å². The van der Waals surface area contributed by atoms with E-state index >= 15 is 0 Å². The molecular formula is C29H40O4. The van der Waals surface area contributed by atoms with Crippen LogP contribution in [0, 0.1) is 0 Å². The fourth-order valence-corrected chi connectivity index (χ4v) is 4.81. The molecule has 0 atom stereocenters. The zero-order valence-corrected chi connectivity index (χ0v) is 19.9. The largest absolute Gasteiger partial charge is 0.481 e. The summed E-state index contributed by atoms with van der Waals surface area (Å²) in [6.45, 7) is 0. The molecule has 4 heteroatoms. The number of carboxylic acid groups (broad SMARTS) is 2. The first kappa shape index (κ1) is 26.6. The van der Waals surface area contributed by atoms with Crippen LogP contribution in [0.1, 0.15) is 101 Å². The lowest BCUT2D eigenvalue weighted by molar-refractivity contribution is -0.138. The van der Waals surface area contributed by atoms with E-state index in [9.17, 15) is 14.7 Å². The summed E-state index contributed by atoms with van der Waals surface area (Å²) in [5, 5.41) is 18.4. The van der Waals surface area contributed by atoms with Crippen LogP contribution in [0.3, 0.4) is 0 Å². The van der Waals surface area contributed by atoms with Gasteiger partial charge in [-0.3, -0.25) is 9.59 Å². The van der Waals surface area contributed by atoms with Crippen LogP contribution in [0.4, 0.5) is 0 Å². The summed E-state index contributed by atoms with van der Waals surface area (Å²) in [4.78, 5) is 22.4. The van der Waals surface area contributed by atoms with Crippen LogP contribution < -0.4 is 0 Å².